The molecule has 0 radical (unpaired) electrons. The van der Waals surface area contributed by atoms with Gasteiger partial charge in [-0.1, -0.05) is 6.07 Å². The van der Waals surface area contributed by atoms with Gasteiger partial charge in [-0.3, -0.25) is 9.78 Å². The summed E-state index contributed by atoms with van der Waals surface area (Å²) in [5, 5.41) is 5.56. The SMILES string of the molecule is CNC(=O)CNCc1ccc(C)nc1. The van der Waals surface area contributed by atoms with E-state index in [-0.39, 0.29) is 5.91 Å². The summed E-state index contributed by atoms with van der Waals surface area (Å²) in [6, 6.07) is 3.95. The van der Waals surface area contributed by atoms with Crippen molar-refractivity contribution in [3.8, 4) is 0 Å². The maximum absolute atomic E-state index is 10.9. The second-order valence-electron chi connectivity index (χ2n) is 3.08. The first-order valence-corrected chi connectivity index (χ1v) is 4.55. The summed E-state index contributed by atoms with van der Waals surface area (Å²) in [6.45, 7) is 2.95. The number of carbonyl (C=O) groups is 1. The molecule has 4 heteroatoms. The average molecular weight is 193 g/mol. The molecule has 0 aromatic carbocycles. The van der Waals surface area contributed by atoms with Gasteiger partial charge in [0, 0.05) is 25.5 Å². The summed E-state index contributed by atoms with van der Waals surface area (Å²) < 4.78 is 0. The highest BCUT2D eigenvalue weighted by Crippen LogP contribution is 1.97. The van der Waals surface area contributed by atoms with Crippen molar-refractivity contribution in [3.05, 3.63) is 29.6 Å². The second-order valence-corrected chi connectivity index (χ2v) is 3.08. The van der Waals surface area contributed by atoms with Gasteiger partial charge in [-0.05, 0) is 18.6 Å². The van der Waals surface area contributed by atoms with Gasteiger partial charge in [0.05, 0.1) is 6.54 Å². The molecular formula is C10H15N3O. The molecule has 1 aromatic rings. The van der Waals surface area contributed by atoms with Crippen molar-refractivity contribution >= 4 is 5.91 Å². The van der Waals surface area contributed by atoms with Gasteiger partial charge in [0.25, 0.3) is 0 Å². The van der Waals surface area contributed by atoms with Gasteiger partial charge in [-0.2, -0.15) is 0 Å². The number of carbonyl (C=O) groups excluding carboxylic acids is 1. The molecule has 0 unspecified atom stereocenters. The third-order valence-corrected chi connectivity index (χ3v) is 1.87. The van der Waals surface area contributed by atoms with Gasteiger partial charge in [0.1, 0.15) is 0 Å². The minimum Gasteiger partial charge on any atom is -0.358 e. The van der Waals surface area contributed by atoms with Crippen molar-refractivity contribution in [1.82, 2.24) is 15.6 Å². The lowest BCUT2D eigenvalue weighted by atomic mass is 10.2. The molecule has 0 spiro atoms. The molecular weight excluding hydrogens is 178 g/mol. The molecule has 1 heterocycles. The van der Waals surface area contributed by atoms with Crippen LogP contribution in [0.4, 0.5) is 0 Å². The molecule has 1 aromatic heterocycles. The second kappa shape index (κ2) is 5.34. The summed E-state index contributed by atoms with van der Waals surface area (Å²) in [6.07, 6.45) is 1.81. The van der Waals surface area contributed by atoms with E-state index in [2.05, 4.69) is 15.6 Å². The van der Waals surface area contributed by atoms with Crippen molar-refractivity contribution in [3.63, 3.8) is 0 Å². The van der Waals surface area contributed by atoms with Crippen LogP contribution in [0, 0.1) is 6.92 Å². The third kappa shape index (κ3) is 3.53. The molecule has 1 amide bonds. The maximum atomic E-state index is 10.9. The highest BCUT2D eigenvalue weighted by molar-refractivity contribution is 5.77. The standard InChI is InChI=1S/C10H15N3O/c1-8-3-4-9(6-13-8)5-12-7-10(14)11-2/h3-4,6,12H,5,7H2,1-2H3,(H,11,14). The average Bonchev–Trinajstić information content (AvgIpc) is 2.21. The molecule has 0 aliphatic heterocycles. The lowest BCUT2D eigenvalue weighted by molar-refractivity contribution is -0.119. The molecule has 1 rings (SSSR count). The lowest BCUT2D eigenvalue weighted by Gasteiger charge is -2.03. The number of nitrogens with zero attached hydrogens (tertiary/aromatic N) is 1. The van der Waals surface area contributed by atoms with Crippen LogP contribution >= 0.6 is 0 Å². The minimum absolute atomic E-state index is 0.00919. The lowest BCUT2D eigenvalue weighted by Crippen LogP contribution is -2.30. The molecule has 0 saturated carbocycles. The number of hydrogen-bond donors (Lipinski definition) is 2. The van der Waals surface area contributed by atoms with Crippen LogP contribution in [-0.4, -0.2) is 24.5 Å². The summed E-state index contributed by atoms with van der Waals surface area (Å²) in [4.78, 5) is 15.0. The molecule has 2 N–H and O–H groups in total. The third-order valence-electron chi connectivity index (χ3n) is 1.87. The number of hydrogen-bond acceptors (Lipinski definition) is 3. The van der Waals surface area contributed by atoms with E-state index in [1.807, 2.05) is 25.3 Å². The fourth-order valence-electron chi connectivity index (χ4n) is 1.01. The Kier molecular flexibility index (Phi) is 4.07. The van der Waals surface area contributed by atoms with Crippen LogP contribution in [0.5, 0.6) is 0 Å². The van der Waals surface area contributed by atoms with Crippen molar-refractivity contribution < 1.29 is 4.79 Å². The van der Waals surface area contributed by atoms with E-state index in [0.29, 0.717) is 13.1 Å². The van der Waals surface area contributed by atoms with E-state index in [4.69, 9.17) is 0 Å². The number of pyridine rings is 1. The summed E-state index contributed by atoms with van der Waals surface area (Å²) in [7, 11) is 1.62. The van der Waals surface area contributed by atoms with E-state index >= 15 is 0 Å². The molecule has 14 heavy (non-hydrogen) atoms. The van der Waals surface area contributed by atoms with E-state index in [1.165, 1.54) is 0 Å². The fourth-order valence-corrected chi connectivity index (χ4v) is 1.01. The van der Waals surface area contributed by atoms with Crippen molar-refractivity contribution in [2.45, 2.75) is 13.5 Å². The predicted octanol–water partition coefficient (Wildman–Crippen LogP) is 0.226. The van der Waals surface area contributed by atoms with E-state index in [0.717, 1.165) is 11.3 Å². The van der Waals surface area contributed by atoms with Crippen LogP contribution in [0.3, 0.4) is 0 Å². The predicted molar refractivity (Wildman–Crippen MR) is 54.7 cm³/mol. The summed E-state index contributed by atoms with van der Waals surface area (Å²) >= 11 is 0. The van der Waals surface area contributed by atoms with Crippen LogP contribution < -0.4 is 10.6 Å². The number of aryl methyl sites for hydroxylation is 1. The molecule has 76 valence electrons. The zero-order valence-electron chi connectivity index (χ0n) is 8.50. The smallest absolute Gasteiger partial charge is 0.233 e. The first-order chi connectivity index (χ1) is 6.72. The van der Waals surface area contributed by atoms with Crippen LogP contribution in [0.25, 0.3) is 0 Å². The molecule has 4 nitrogen and oxygen atoms in total. The monoisotopic (exact) mass is 193 g/mol. The van der Waals surface area contributed by atoms with Crippen LogP contribution in [-0.2, 0) is 11.3 Å². The Hall–Kier alpha value is -1.42. The number of likely N-dealkylation sites (N-methyl/N-ethyl adjacent to an activating group) is 1. The number of amides is 1. The molecule has 0 atom stereocenters. The minimum atomic E-state index is -0.00919. The molecule has 0 bridgehead atoms. The largest absolute Gasteiger partial charge is 0.358 e. The molecule has 0 aliphatic carbocycles. The topological polar surface area (TPSA) is 54.0 Å². The Morgan fingerprint density at radius 1 is 1.50 bits per heavy atom. The highest BCUT2D eigenvalue weighted by Gasteiger charge is 1.97. The quantitative estimate of drug-likeness (QED) is 0.719. The van der Waals surface area contributed by atoms with Crippen molar-refractivity contribution in [2.24, 2.45) is 0 Å². The van der Waals surface area contributed by atoms with Gasteiger partial charge >= 0.3 is 0 Å². The Balaban J connectivity index is 2.31. The zero-order valence-corrected chi connectivity index (χ0v) is 8.50. The molecule has 0 saturated heterocycles. The highest BCUT2D eigenvalue weighted by atomic mass is 16.1. The van der Waals surface area contributed by atoms with Crippen molar-refractivity contribution in [2.75, 3.05) is 13.6 Å². The fraction of sp³-hybridized carbons (Fsp3) is 0.400. The molecule has 0 aliphatic rings. The van der Waals surface area contributed by atoms with Crippen LogP contribution in [0.2, 0.25) is 0 Å². The normalized spacial score (nSPS) is 9.86. The molecule has 0 fully saturated rings. The maximum Gasteiger partial charge on any atom is 0.233 e. The van der Waals surface area contributed by atoms with Crippen LogP contribution in [0.1, 0.15) is 11.3 Å². The van der Waals surface area contributed by atoms with Gasteiger partial charge in [-0.25, -0.2) is 0 Å². The Morgan fingerprint density at radius 3 is 2.86 bits per heavy atom. The summed E-state index contributed by atoms with van der Waals surface area (Å²) in [5.74, 6) is -0.00919. The first-order valence-electron chi connectivity index (χ1n) is 4.55. The van der Waals surface area contributed by atoms with Gasteiger partial charge in [0.2, 0.25) is 5.91 Å². The Labute approximate surface area is 83.7 Å². The van der Waals surface area contributed by atoms with Gasteiger partial charge < -0.3 is 10.6 Å². The summed E-state index contributed by atoms with van der Waals surface area (Å²) in [5.41, 5.74) is 2.08. The van der Waals surface area contributed by atoms with E-state index in [9.17, 15) is 4.79 Å². The number of aromatic nitrogens is 1. The number of rotatable bonds is 4. The Bertz CT molecular complexity index is 295. The number of nitrogens with one attached hydrogen (secondary N) is 2. The van der Waals surface area contributed by atoms with E-state index in [1.54, 1.807) is 7.05 Å². The Morgan fingerprint density at radius 2 is 2.29 bits per heavy atom. The van der Waals surface area contributed by atoms with Crippen LogP contribution in [0.15, 0.2) is 18.3 Å². The van der Waals surface area contributed by atoms with Gasteiger partial charge in [-0.15, -0.1) is 0 Å². The van der Waals surface area contributed by atoms with E-state index < -0.39 is 0 Å². The zero-order chi connectivity index (χ0) is 10.4. The first kappa shape index (κ1) is 10.7. The van der Waals surface area contributed by atoms with Gasteiger partial charge in [0.15, 0.2) is 0 Å². The van der Waals surface area contributed by atoms with Crippen molar-refractivity contribution in [1.29, 1.82) is 0 Å².